The Morgan fingerprint density at radius 1 is 1.35 bits per heavy atom. The third-order valence-electron chi connectivity index (χ3n) is 3.30. The quantitative estimate of drug-likeness (QED) is 0.592. The normalized spacial score (nSPS) is 12.5. The lowest BCUT2D eigenvalue weighted by Crippen LogP contribution is -2.42. The molecule has 1 amide bonds. The molecular formula is C16H22N2O5. The van der Waals surface area contributed by atoms with E-state index in [-0.39, 0.29) is 17.5 Å². The highest BCUT2D eigenvalue weighted by atomic mass is 16.6. The first-order valence-electron chi connectivity index (χ1n) is 7.34. The smallest absolute Gasteiger partial charge is 0.326 e. The molecule has 0 aliphatic carbocycles. The molecule has 7 heteroatoms. The Morgan fingerprint density at radius 3 is 2.52 bits per heavy atom. The van der Waals surface area contributed by atoms with Gasteiger partial charge in [0.05, 0.1) is 11.3 Å². The fourth-order valence-corrected chi connectivity index (χ4v) is 2.05. The first kappa shape index (κ1) is 18.6. The average Bonchev–Trinajstić information content (AvgIpc) is 2.42. The number of nitrogens with zero attached hydrogens (tertiary/aromatic N) is 1. The summed E-state index contributed by atoms with van der Waals surface area (Å²) in [5, 5.41) is 22.4. The van der Waals surface area contributed by atoms with Crippen LogP contribution in [-0.4, -0.2) is 27.9 Å². The van der Waals surface area contributed by atoms with E-state index in [9.17, 15) is 24.8 Å². The van der Waals surface area contributed by atoms with Gasteiger partial charge in [-0.05, 0) is 23.8 Å². The van der Waals surface area contributed by atoms with Crippen LogP contribution in [0.25, 0.3) is 0 Å². The number of hydrogen-bond acceptors (Lipinski definition) is 4. The molecule has 1 aromatic rings. The number of carbonyl (C=O) groups is 2. The van der Waals surface area contributed by atoms with Crippen LogP contribution in [0.5, 0.6) is 0 Å². The standard InChI is InChI=1S/C16H22N2O5/c1-16(2,3)8-7-13(15(20)21)17-14(19)10-11-5-4-6-12(9-11)18(22)23/h4-6,9,13H,7-8,10H2,1-3H3,(H,17,19)(H,20,21). The predicted octanol–water partition coefficient (Wildman–Crippen LogP) is 2.53. The van der Waals surface area contributed by atoms with E-state index in [0.29, 0.717) is 18.4 Å². The number of nitrogens with one attached hydrogen (secondary N) is 1. The summed E-state index contributed by atoms with van der Waals surface area (Å²) < 4.78 is 0. The molecule has 0 aliphatic heterocycles. The van der Waals surface area contributed by atoms with Crippen LogP contribution in [0.4, 0.5) is 5.69 Å². The van der Waals surface area contributed by atoms with Gasteiger partial charge in [0.25, 0.3) is 5.69 Å². The Morgan fingerprint density at radius 2 is 2.00 bits per heavy atom. The van der Waals surface area contributed by atoms with Crippen LogP contribution in [-0.2, 0) is 16.0 Å². The molecule has 1 atom stereocenters. The molecule has 23 heavy (non-hydrogen) atoms. The van der Waals surface area contributed by atoms with Gasteiger partial charge in [-0.3, -0.25) is 14.9 Å². The third-order valence-corrected chi connectivity index (χ3v) is 3.30. The van der Waals surface area contributed by atoms with Crippen LogP contribution < -0.4 is 5.32 Å². The van der Waals surface area contributed by atoms with Crippen molar-refractivity contribution >= 4 is 17.6 Å². The lowest BCUT2D eigenvalue weighted by Gasteiger charge is -2.21. The highest BCUT2D eigenvalue weighted by Gasteiger charge is 2.23. The molecule has 0 saturated heterocycles. The summed E-state index contributed by atoms with van der Waals surface area (Å²) >= 11 is 0. The summed E-state index contributed by atoms with van der Waals surface area (Å²) in [6.45, 7) is 5.99. The van der Waals surface area contributed by atoms with Crippen molar-refractivity contribution in [1.82, 2.24) is 5.32 Å². The minimum atomic E-state index is -1.08. The molecule has 0 bridgehead atoms. The average molecular weight is 322 g/mol. The zero-order chi connectivity index (χ0) is 17.6. The number of carboxylic acids is 1. The number of rotatable bonds is 7. The molecule has 0 radical (unpaired) electrons. The van der Waals surface area contributed by atoms with E-state index >= 15 is 0 Å². The summed E-state index contributed by atoms with van der Waals surface area (Å²) in [6, 6.07) is 4.78. The van der Waals surface area contributed by atoms with Crippen molar-refractivity contribution in [3.05, 3.63) is 39.9 Å². The van der Waals surface area contributed by atoms with Crippen molar-refractivity contribution in [1.29, 1.82) is 0 Å². The van der Waals surface area contributed by atoms with Crippen molar-refractivity contribution in [3.8, 4) is 0 Å². The highest BCUT2D eigenvalue weighted by Crippen LogP contribution is 2.21. The number of nitro benzene ring substituents is 1. The second kappa shape index (κ2) is 7.71. The fourth-order valence-electron chi connectivity index (χ4n) is 2.05. The maximum absolute atomic E-state index is 12.0. The van der Waals surface area contributed by atoms with Gasteiger partial charge in [0.2, 0.25) is 5.91 Å². The van der Waals surface area contributed by atoms with E-state index in [1.165, 1.54) is 18.2 Å². The maximum Gasteiger partial charge on any atom is 0.326 e. The lowest BCUT2D eigenvalue weighted by atomic mass is 9.88. The number of carboxylic acid groups (broad SMARTS) is 1. The van der Waals surface area contributed by atoms with Crippen molar-refractivity contribution < 1.29 is 19.6 Å². The summed E-state index contributed by atoms with van der Waals surface area (Å²) in [4.78, 5) is 33.4. The first-order chi connectivity index (χ1) is 10.6. The van der Waals surface area contributed by atoms with Crippen LogP contribution in [0.15, 0.2) is 24.3 Å². The van der Waals surface area contributed by atoms with Gasteiger partial charge in [-0.2, -0.15) is 0 Å². The lowest BCUT2D eigenvalue weighted by molar-refractivity contribution is -0.384. The van der Waals surface area contributed by atoms with Gasteiger partial charge >= 0.3 is 5.97 Å². The Hall–Kier alpha value is -2.44. The van der Waals surface area contributed by atoms with E-state index < -0.39 is 22.8 Å². The molecule has 1 unspecified atom stereocenters. The molecule has 0 aromatic heterocycles. The van der Waals surface area contributed by atoms with E-state index in [1.54, 1.807) is 6.07 Å². The number of hydrogen-bond donors (Lipinski definition) is 2. The van der Waals surface area contributed by atoms with Gasteiger partial charge in [-0.25, -0.2) is 4.79 Å². The van der Waals surface area contributed by atoms with Crippen LogP contribution in [0.2, 0.25) is 0 Å². The SMILES string of the molecule is CC(C)(C)CCC(NC(=O)Cc1cccc([N+](=O)[O-])c1)C(=O)O. The number of amides is 1. The van der Waals surface area contributed by atoms with Gasteiger partial charge in [0, 0.05) is 12.1 Å². The molecule has 0 heterocycles. The molecule has 0 spiro atoms. The number of aliphatic carboxylic acids is 1. The van der Waals surface area contributed by atoms with Crippen LogP contribution in [0.1, 0.15) is 39.2 Å². The molecule has 126 valence electrons. The van der Waals surface area contributed by atoms with E-state index in [1.807, 2.05) is 20.8 Å². The summed E-state index contributed by atoms with van der Waals surface area (Å²) in [5.41, 5.74) is 0.341. The molecule has 0 aliphatic rings. The topological polar surface area (TPSA) is 110 Å². The van der Waals surface area contributed by atoms with Crippen molar-refractivity contribution in [2.45, 2.75) is 46.1 Å². The Balaban J connectivity index is 2.67. The zero-order valence-electron chi connectivity index (χ0n) is 13.5. The first-order valence-corrected chi connectivity index (χ1v) is 7.34. The van der Waals surface area contributed by atoms with E-state index in [4.69, 9.17) is 0 Å². The fraction of sp³-hybridized carbons (Fsp3) is 0.500. The molecule has 2 N–H and O–H groups in total. The van der Waals surface area contributed by atoms with Crippen molar-refractivity contribution in [3.63, 3.8) is 0 Å². The van der Waals surface area contributed by atoms with Gasteiger partial charge in [0.15, 0.2) is 0 Å². The second-order valence-electron chi connectivity index (χ2n) is 6.66. The molecule has 1 rings (SSSR count). The molecule has 7 nitrogen and oxygen atoms in total. The molecule has 1 aromatic carbocycles. The number of non-ortho nitro benzene ring substituents is 1. The zero-order valence-corrected chi connectivity index (χ0v) is 13.5. The van der Waals surface area contributed by atoms with Crippen molar-refractivity contribution in [2.24, 2.45) is 5.41 Å². The Labute approximate surface area is 134 Å². The molecule has 0 fully saturated rings. The van der Waals surface area contributed by atoms with Gasteiger partial charge in [0.1, 0.15) is 6.04 Å². The van der Waals surface area contributed by atoms with Gasteiger partial charge < -0.3 is 10.4 Å². The number of nitro groups is 1. The van der Waals surface area contributed by atoms with Gasteiger partial charge in [-0.15, -0.1) is 0 Å². The summed E-state index contributed by atoms with van der Waals surface area (Å²) in [7, 11) is 0. The summed E-state index contributed by atoms with van der Waals surface area (Å²) in [5.74, 6) is -1.55. The van der Waals surface area contributed by atoms with Gasteiger partial charge in [-0.1, -0.05) is 32.9 Å². The number of benzene rings is 1. The minimum absolute atomic E-state index is 0.0293. The third kappa shape index (κ3) is 6.90. The van der Waals surface area contributed by atoms with E-state index in [0.717, 1.165) is 0 Å². The largest absolute Gasteiger partial charge is 0.480 e. The van der Waals surface area contributed by atoms with Crippen LogP contribution in [0, 0.1) is 15.5 Å². The highest BCUT2D eigenvalue weighted by molar-refractivity contribution is 5.84. The van der Waals surface area contributed by atoms with Crippen LogP contribution in [0.3, 0.4) is 0 Å². The molecule has 0 saturated carbocycles. The number of carbonyl (C=O) groups excluding carboxylic acids is 1. The monoisotopic (exact) mass is 322 g/mol. The predicted molar refractivity (Wildman–Crippen MR) is 85.1 cm³/mol. The van der Waals surface area contributed by atoms with E-state index in [2.05, 4.69) is 5.32 Å². The minimum Gasteiger partial charge on any atom is -0.480 e. The Kier molecular flexibility index (Phi) is 6.24. The Bertz CT molecular complexity index is 592. The maximum atomic E-state index is 12.0. The summed E-state index contributed by atoms with van der Waals surface area (Å²) in [6.07, 6.45) is 0.890. The molecular weight excluding hydrogens is 300 g/mol. The second-order valence-corrected chi connectivity index (χ2v) is 6.66. The van der Waals surface area contributed by atoms with Crippen LogP contribution >= 0.6 is 0 Å². The van der Waals surface area contributed by atoms with Crippen molar-refractivity contribution in [2.75, 3.05) is 0 Å².